The van der Waals surface area contributed by atoms with Crippen molar-refractivity contribution in [3.05, 3.63) is 59.3 Å². The molecular formula is C19H15N3O2S. The van der Waals surface area contributed by atoms with Gasteiger partial charge in [0.05, 0.1) is 15.8 Å². The number of carbonyl (C=O) groups is 2. The molecule has 2 aromatic heterocycles. The van der Waals surface area contributed by atoms with Crippen molar-refractivity contribution < 1.29 is 9.59 Å². The molecule has 2 aromatic carbocycles. The van der Waals surface area contributed by atoms with Crippen molar-refractivity contribution in [3.63, 3.8) is 0 Å². The first-order valence-electron chi connectivity index (χ1n) is 7.83. The van der Waals surface area contributed by atoms with E-state index in [4.69, 9.17) is 0 Å². The smallest absolute Gasteiger partial charge is 0.298 e. The molecule has 2 N–H and O–H groups in total. The molecule has 1 amide bonds. The Balaban J connectivity index is 1.65. The van der Waals surface area contributed by atoms with Gasteiger partial charge in [0.1, 0.15) is 0 Å². The van der Waals surface area contributed by atoms with Gasteiger partial charge in [-0.15, -0.1) is 0 Å². The van der Waals surface area contributed by atoms with Crippen molar-refractivity contribution >= 4 is 49.3 Å². The second kappa shape index (κ2) is 5.82. The minimum Gasteiger partial charge on any atom is -0.358 e. The average Bonchev–Trinajstić information content (AvgIpc) is 3.12. The number of H-pyrrole nitrogens is 1. The van der Waals surface area contributed by atoms with Crippen LogP contribution in [0.3, 0.4) is 0 Å². The second-order valence-corrected chi connectivity index (χ2v) is 6.97. The van der Waals surface area contributed by atoms with Crippen LogP contribution in [-0.4, -0.2) is 21.7 Å². The highest BCUT2D eigenvalue weighted by molar-refractivity contribution is 7.22. The number of nitrogens with one attached hydrogen (secondary N) is 2. The predicted molar refractivity (Wildman–Crippen MR) is 100 cm³/mol. The number of benzene rings is 2. The number of aryl methyl sites for hydroxylation is 2. The van der Waals surface area contributed by atoms with Crippen molar-refractivity contribution in [2.75, 3.05) is 5.32 Å². The van der Waals surface area contributed by atoms with Gasteiger partial charge < -0.3 is 4.98 Å². The zero-order chi connectivity index (χ0) is 17.6. The first-order valence-corrected chi connectivity index (χ1v) is 8.65. The van der Waals surface area contributed by atoms with Crippen molar-refractivity contribution in [1.82, 2.24) is 9.97 Å². The Morgan fingerprint density at radius 2 is 1.92 bits per heavy atom. The summed E-state index contributed by atoms with van der Waals surface area (Å²) in [5, 5.41) is 3.81. The topological polar surface area (TPSA) is 74.8 Å². The third kappa shape index (κ3) is 2.70. The molecule has 0 saturated heterocycles. The SMILES string of the molecule is Cc1ccc2nc(NC(=O)C(=O)c3c(C)[nH]c4ccccc34)sc2c1. The van der Waals surface area contributed by atoms with Crippen LogP contribution in [0.15, 0.2) is 42.5 Å². The van der Waals surface area contributed by atoms with Crippen molar-refractivity contribution in [2.45, 2.75) is 13.8 Å². The zero-order valence-electron chi connectivity index (χ0n) is 13.7. The van der Waals surface area contributed by atoms with Gasteiger partial charge in [0.2, 0.25) is 0 Å². The average molecular weight is 349 g/mol. The van der Waals surface area contributed by atoms with Crippen LogP contribution in [-0.2, 0) is 4.79 Å². The first-order chi connectivity index (χ1) is 12.0. The molecule has 0 aliphatic heterocycles. The maximum absolute atomic E-state index is 12.7. The molecule has 0 unspecified atom stereocenters. The number of aromatic amines is 1. The van der Waals surface area contributed by atoms with Crippen LogP contribution in [0.1, 0.15) is 21.6 Å². The van der Waals surface area contributed by atoms with Gasteiger partial charge in [0.25, 0.3) is 11.7 Å². The highest BCUT2D eigenvalue weighted by atomic mass is 32.1. The summed E-state index contributed by atoms with van der Waals surface area (Å²) in [4.78, 5) is 32.6. The summed E-state index contributed by atoms with van der Waals surface area (Å²) in [5.74, 6) is -1.24. The van der Waals surface area contributed by atoms with E-state index >= 15 is 0 Å². The van der Waals surface area contributed by atoms with Gasteiger partial charge in [-0.05, 0) is 37.6 Å². The van der Waals surface area contributed by atoms with Crippen LogP contribution < -0.4 is 5.32 Å². The number of para-hydroxylation sites is 1. The van der Waals surface area contributed by atoms with Gasteiger partial charge in [-0.3, -0.25) is 14.9 Å². The monoisotopic (exact) mass is 349 g/mol. The molecule has 0 atom stereocenters. The number of anilines is 1. The molecule has 0 aliphatic rings. The maximum atomic E-state index is 12.7. The lowest BCUT2D eigenvalue weighted by molar-refractivity contribution is -0.112. The Labute approximate surface area is 147 Å². The Morgan fingerprint density at radius 1 is 1.12 bits per heavy atom. The number of amides is 1. The second-order valence-electron chi connectivity index (χ2n) is 5.94. The molecule has 0 aliphatic carbocycles. The number of nitrogens with zero attached hydrogens (tertiary/aromatic N) is 1. The number of hydrogen-bond acceptors (Lipinski definition) is 4. The summed E-state index contributed by atoms with van der Waals surface area (Å²) in [6.45, 7) is 3.79. The van der Waals surface area contributed by atoms with Gasteiger partial charge in [-0.25, -0.2) is 4.98 Å². The third-order valence-electron chi connectivity index (χ3n) is 4.09. The first kappa shape index (κ1) is 15.5. The van der Waals surface area contributed by atoms with E-state index in [0.717, 1.165) is 26.7 Å². The van der Waals surface area contributed by atoms with Crippen molar-refractivity contribution in [1.29, 1.82) is 0 Å². The minimum absolute atomic E-state index is 0.407. The number of ketones is 1. The number of hydrogen-bond donors (Lipinski definition) is 2. The van der Waals surface area contributed by atoms with E-state index in [1.165, 1.54) is 11.3 Å². The molecule has 4 rings (SSSR count). The summed E-state index contributed by atoms with van der Waals surface area (Å²) < 4.78 is 0.978. The van der Waals surface area contributed by atoms with Crippen molar-refractivity contribution in [2.24, 2.45) is 0 Å². The van der Waals surface area contributed by atoms with Crippen LogP contribution in [0.4, 0.5) is 5.13 Å². The molecule has 0 fully saturated rings. The van der Waals surface area contributed by atoms with Gasteiger partial charge >= 0.3 is 0 Å². The molecular weight excluding hydrogens is 334 g/mol. The van der Waals surface area contributed by atoms with Gasteiger partial charge in [-0.1, -0.05) is 35.6 Å². The number of aromatic nitrogens is 2. The fraction of sp³-hybridized carbons (Fsp3) is 0.105. The number of thiazole rings is 1. The summed E-state index contributed by atoms with van der Waals surface area (Å²) >= 11 is 1.36. The van der Waals surface area contributed by atoms with Crippen LogP contribution in [0.2, 0.25) is 0 Å². The highest BCUT2D eigenvalue weighted by Gasteiger charge is 2.23. The summed E-state index contributed by atoms with van der Waals surface area (Å²) in [7, 11) is 0. The lowest BCUT2D eigenvalue weighted by atomic mass is 10.1. The van der Waals surface area contributed by atoms with Gasteiger partial charge in [0.15, 0.2) is 5.13 Å². The Kier molecular flexibility index (Phi) is 3.62. The summed E-state index contributed by atoms with van der Waals surface area (Å²) in [6.07, 6.45) is 0. The van der Waals surface area contributed by atoms with E-state index in [-0.39, 0.29) is 0 Å². The van der Waals surface area contributed by atoms with E-state index in [1.54, 1.807) is 6.92 Å². The fourth-order valence-corrected chi connectivity index (χ4v) is 3.88. The maximum Gasteiger partial charge on any atom is 0.298 e. The molecule has 4 aromatic rings. The standard InChI is InChI=1S/C19H15N3O2S/c1-10-7-8-14-15(9-10)25-19(21-14)22-18(24)17(23)16-11(2)20-13-6-4-3-5-12(13)16/h3-9,20H,1-2H3,(H,21,22,24). The van der Waals surface area contributed by atoms with Crippen LogP contribution in [0.25, 0.3) is 21.1 Å². The number of fused-ring (bicyclic) bond motifs is 2. The number of Topliss-reactive ketones (excluding diaryl/α,β-unsaturated/α-hetero) is 1. The molecule has 5 nitrogen and oxygen atoms in total. The third-order valence-corrected chi connectivity index (χ3v) is 5.02. The number of rotatable bonds is 3. The van der Waals surface area contributed by atoms with E-state index < -0.39 is 11.7 Å². The Morgan fingerprint density at radius 3 is 2.76 bits per heavy atom. The van der Waals surface area contributed by atoms with Crippen LogP contribution in [0, 0.1) is 13.8 Å². The van der Waals surface area contributed by atoms with Crippen molar-refractivity contribution in [3.8, 4) is 0 Å². The lowest BCUT2D eigenvalue weighted by Gasteiger charge is -2.01. The quantitative estimate of drug-likeness (QED) is 0.430. The molecule has 0 bridgehead atoms. The zero-order valence-corrected chi connectivity index (χ0v) is 14.5. The normalized spacial score (nSPS) is 11.1. The molecule has 0 saturated carbocycles. The van der Waals surface area contributed by atoms with E-state index in [1.807, 2.05) is 49.4 Å². The molecule has 0 radical (unpaired) electrons. The van der Waals surface area contributed by atoms with E-state index in [0.29, 0.717) is 16.4 Å². The van der Waals surface area contributed by atoms with Crippen LogP contribution in [0.5, 0.6) is 0 Å². The summed E-state index contributed by atoms with van der Waals surface area (Å²) in [6, 6.07) is 13.3. The molecule has 124 valence electrons. The lowest BCUT2D eigenvalue weighted by Crippen LogP contribution is -2.23. The van der Waals surface area contributed by atoms with Gasteiger partial charge in [-0.2, -0.15) is 0 Å². The number of carbonyl (C=O) groups excluding carboxylic acids is 2. The molecule has 6 heteroatoms. The molecule has 25 heavy (non-hydrogen) atoms. The molecule has 0 spiro atoms. The van der Waals surface area contributed by atoms with Gasteiger partial charge in [0, 0.05) is 16.6 Å². The highest BCUT2D eigenvalue weighted by Crippen LogP contribution is 2.27. The summed E-state index contributed by atoms with van der Waals surface area (Å²) in [5.41, 5.74) is 3.86. The van der Waals surface area contributed by atoms with Crippen LogP contribution >= 0.6 is 11.3 Å². The fourth-order valence-electron chi connectivity index (χ4n) is 2.92. The van der Waals surface area contributed by atoms with E-state index in [2.05, 4.69) is 15.3 Å². The largest absolute Gasteiger partial charge is 0.358 e. The predicted octanol–water partition coefficient (Wildman–Crippen LogP) is 4.22. The Bertz CT molecular complexity index is 1140. The molecule has 2 heterocycles. The minimum atomic E-state index is -0.677. The van der Waals surface area contributed by atoms with E-state index in [9.17, 15) is 9.59 Å². The Hall–Kier alpha value is -2.99.